The van der Waals surface area contributed by atoms with Crippen LogP contribution in [0, 0.1) is 20.8 Å². The Hall–Kier alpha value is -2.51. The van der Waals surface area contributed by atoms with Crippen LogP contribution in [0.2, 0.25) is 0 Å². The number of nitrogens with one attached hydrogen (secondary N) is 1. The van der Waals surface area contributed by atoms with E-state index in [4.69, 9.17) is 4.98 Å². The van der Waals surface area contributed by atoms with Crippen LogP contribution in [0.1, 0.15) is 53.0 Å². The summed E-state index contributed by atoms with van der Waals surface area (Å²) in [5.74, 6) is 0.576. The highest BCUT2D eigenvalue weighted by Crippen LogP contribution is 2.29. The summed E-state index contributed by atoms with van der Waals surface area (Å²) in [4.78, 5) is 34.7. The maximum Gasteiger partial charge on any atom is 0.266 e. The lowest BCUT2D eigenvalue weighted by atomic mass is 10.1. The number of carbonyl (C=O) groups is 1. The summed E-state index contributed by atoms with van der Waals surface area (Å²) in [5, 5.41) is 3.56. The van der Waals surface area contributed by atoms with Crippen molar-refractivity contribution in [2.24, 2.45) is 0 Å². The van der Waals surface area contributed by atoms with Crippen LogP contribution >= 0.6 is 11.3 Å². The molecule has 2 heterocycles. The molecule has 2 aromatic heterocycles. The van der Waals surface area contributed by atoms with Gasteiger partial charge in [-0.05, 0) is 51.1 Å². The normalized spacial score (nSPS) is 11.5. The summed E-state index contributed by atoms with van der Waals surface area (Å²) in [5.41, 5.74) is 3.60. The van der Waals surface area contributed by atoms with Crippen molar-refractivity contribution in [3.8, 4) is 0 Å². The number of fused-ring (bicyclic) bond motifs is 1. The molecular weight excluding hydrogens is 408 g/mol. The van der Waals surface area contributed by atoms with Crippen LogP contribution in [0.15, 0.2) is 23.0 Å². The van der Waals surface area contributed by atoms with Crippen LogP contribution in [-0.2, 0) is 13.0 Å². The first-order chi connectivity index (χ1) is 14.8. The predicted octanol–water partition coefficient (Wildman–Crippen LogP) is 4.54. The van der Waals surface area contributed by atoms with Gasteiger partial charge in [-0.3, -0.25) is 14.2 Å². The molecule has 0 aliphatic carbocycles. The Labute approximate surface area is 187 Å². The molecule has 0 spiro atoms. The van der Waals surface area contributed by atoms with Crippen molar-refractivity contribution in [1.82, 2.24) is 14.5 Å². The van der Waals surface area contributed by atoms with Crippen LogP contribution in [0.3, 0.4) is 0 Å². The van der Waals surface area contributed by atoms with Gasteiger partial charge in [0.15, 0.2) is 0 Å². The third kappa shape index (κ3) is 4.72. The van der Waals surface area contributed by atoms with Gasteiger partial charge < -0.3 is 10.2 Å². The van der Waals surface area contributed by atoms with E-state index in [1.165, 1.54) is 11.3 Å². The number of aryl methyl sites for hydroxylation is 4. The third-order valence-electron chi connectivity index (χ3n) is 5.82. The summed E-state index contributed by atoms with van der Waals surface area (Å²) in [6.45, 7) is 15.4. The number of carbonyl (C=O) groups excluding carboxylic acids is 1. The molecule has 0 atom stereocenters. The Morgan fingerprint density at radius 2 is 1.87 bits per heavy atom. The van der Waals surface area contributed by atoms with Gasteiger partial charge in [0.2, 0.25) is 0 Å². The van der Waals surface area contributed by atoms with Gasteiger partial charge in [-0.2, -0.15) is 0 Å². The van der Waals surface area contributed by atoms with Gasteiger partial charge in [0.1, 0.15) is 10.7 Å². The number of anilines is 1. The van der Waals surface area contributed by atoms with Gasteiger partial charge in [-0.25, -0.2) is 4.98 Å². The fourth-order valence-corrected chi connectivity index (χ4v) is 4.98. The number of rotatable bonds is 8. The summed E-state index contributed by atoms with van der Waals surface area (Å²) < 4.78 is 1.78. The highest BCUT2D eigenvalue weighted by Gasteiger charge is 2.21. The van der Waals surface area contributed by atoms with E-state index >= 15 is 0 Å². The molecule has 6 nitrogen and oxygen atoms in total. The van der Waals surface area contributed by atoms with E-state index in [1.54, 1.807) is 4.57 Å². The first-order valence-electron chi connectivity index (χ1n) is 10.9. The number of amides is 1. The Kier molecular flexibility index (Phi) is 7.28. The van der Waals surface area contributed by atoms with E-state index in [0.29, 0.717) is 33.6 Å². The van der Waals surface area contributed by atoms with E-state index in [0.717, 1.165) is 42.3 Å². The number of likely N-dealkylation sites (N-methyl/N-ethyl adjacent to an activating group) is 1. The monoisotopic (exact) mass is 440 g/mol. The molecule has 0 saturated carbocycles. The molecule has 0 saturated heterocycles. The van der Waals surface area contributed by atoms with Crippen molar-refractivity contribution in [3.63, 3.8) is 0 Å². The molecule has 31 heavy (non-hydrogen) atoms. The molecule has 0 aliphatic rings. The number of aromatic nitrogens is 2. The van der Waals surface area contributed by atoms with Crippen LogP contribution in [0.5, 0.6) is 0 Å². The lowest BCUT2D eigenvalue weighted by molar-refractivity contribution is 0.103. The number of hydrogen-bond acceptors (Lipinski definition) is 5. The fraction of sp³-hybridized carbons (Fsp3) is 0.458. The first kappa shape index (κ1) is 23.2. The molecule has 1 N–H and O–H groups in total. The Morgan fingerprint density at radius 3 is 2.48 bits per heavy atom. The topological polar surface area (TPSA) is 67.2 Å². The SMILES string of the molecule is CCc1nc2sc(C(=O)Nc3ccc(C)cc3C)c(C)c2c(=O)n1CCN(CC)CC. The van der Waals surface area contributed by atoms with Crippen molar-refractivity contribution in [1.29, 1.82) is 0 Å². The van der Waals surface area contributed by atoms with Crippen molar-refractivity contribution >= 4 is 33.1 Å². The molecular formula is C24H32N4O2S. The van der Waals surface area contributed by atoms with Crippen LogP contribution in [-0.4, -0.2) is 40.0 Å². The van der Waals surface area contributed by atoms with E-state index in [-0.39, 0.29) is 11.5 Å². The van der Waals surface area contributed by atoms with E-state index < -0.39 is 0 Å². The molecule has 1 aromatic carbocycles. The minimum atomic E-state index is -0.195. The fourth-order valence-electron chi connectivity index (χ4n) is 3.89. The van der Waals surface area contributed by atoms with Crippen LogP contribution in [0.25, 0.3) is 10.2 Å². The lowest BCUT2D eigenvalue weighted by Crippen LogP contribution is -2.33. The zero-order valence-electron chi connectivity index (χ0n) is 19.3. The minimum absolute atomic E-state index is 0.0478. The average molecular weight is 441 g/mol. The summed E-state index contributed by atoms with van der Waals surface area (Å²) in [6, 6.07) is 5.93. The highest BCUT2D eigenvalue weighted by atomic mass is 32.1. The predicted molar refractivity (Wildman–Crippen MR) is 130 cm³/mol. The molecule has 7 heteroatoms. The van der Waals surface area contributed by atoms with E-state index in [9.17, 15) is 9.59 Å². The molecule has 0 unspecified atom stereocenters. The molecule has 3 rings (SSSR count). The molecule has 1 amide bonds. The highest BCUT2D eigenvalue weighted by molar-refractivity contribution is 7.20. The quantitative estimate of drug-likeness (QED) is 0.558. The van der Waals surface area contributed by atoms with Gasteiger partial charge in [0.05, 0.1) is 10.3 Å². The van der Waals surface area contributed by atoms with Crippen LogP contribution in [0.4, 0.5) is 5.69 Å². The van der Waals surface area contributed by atoms with Crippen molar-refractivity contribution < 1.29 is 4.79 Å². The number of hydrogen-bond donors (Lipinski definition) is 1. The maximum atomic E-state index is 13.4. The molecule has 0 aliphatic heterocycles. The second-order valence-electron chi connectivity index (χ2n) is 7.87. The van der Waals surface area contributed by atoms with Gasteiger partial charge in [0, 0.05) is 25.2 Å². The van der Waals surface area contributed by atoms with Gasteiger partial charge in [-0.1, -0.05) is 38.5 Å². The van der Waals surface area contributed by atoms with E-state index in [1.807, 2.05) is 45.9 Å². The van der Waals surface area contributed by atoms with E-state index in [2.05, 4.69) is 24.1 Å². The Balaban J connectivity index is 1.99. The smallest absolute Gasteiger partial charge is 0.266 e. The second-order valence-corrected chi connectivity index (χ2v) is 8.87. The summed E-state index contributed by atoms with van der Waals surface area (Å²) in [6.07, 6.45) is 0.671. The molecule has 166 valence electrons. The van der Waals surface area contributed by atoms with Gasteiger partial charge in [-0.15, -0.1) is 11.3 Å². The lowest BCUT2D eigenvalue weighted by Gasteiger charge is -2.19. The third-order valence-corrected chi connectivity index (χ3v) is 7.00. The first-order valence-corrected chi connectivity index (χ1v) is 11.8. The largest absolute Gasteiger partial charge is 0.321 e. The molecule has 3 aromatic rings. The van der Waals surface area contributed by atoms with Crippen LogP contribution < -0.4 is 10.9 Å². The minimum Gasteiger partial charge on any atom is -0.321 e. The number of nitrogens with zero attached hydrogens (tertiary/aromatic N) is 3. The molecule has 0 bridgehead atoms. The molecule has 0 radical (unpaired) electrons. The summed E-state index contributed by atoms with van der Waals surface area (Å²) in [7, 11) is 0. The van der Waals surface area contributed by atoms with Gasteiger partial charge >= 0.3 is 0 Å². The van der Waals surface area contributed by atoms with Crippen molar-refractivity contribution in [3.05, 3.63) is 55.9 Å². The van der Waals surface area contributed by atoms with Crippen molar-refractivity contribution in [2.75, 3.05) is 25.0 Å². The number of thiophene rings is 1. The maximum absolute atomic E-state index is 13.4. The van der Waals surface area contributed by atoms with Crippen molar-refractivity contribution in [2.45, 2.75) is 54.5 Å². The number of benzene rings is 1. The second kappa shape index (κ2) is 9.75. The standard InChI is InChI=1S/C24H32N4O2S/c1-7-19-26-23-20(24(30)28(19)13-12-27(8-2)9-3)17(6)21(31-23)22(29)25-18-11-10-15(4)14-16(18)5/h10-11,14H,7-9,12-13H2,1-6H3,(H,25,29). The average Bonchev–Trinajstić information content (AvgIpc) is 3.08. The van der Waals surface area contributed by atoms with Gasteiger partial charge in [0.25, 0.3) is 11.5 Å². The zero-order chi connectivity index (χ0) is 22.7. The summed E-state index contributed by atoms with van der Waals surface area (Å²) >= 11 is 1.30. The zero-order valence-corrected chi connectivity index (χ0v) is 20.2. The molecule has 0 fully saturated rings. The Morgan fingerprint density at radius 1 is 1.16 bits per heavy atom. The Bertz CT molecular complexity index is 1160.